The molecule has 0 atom stereocenters. The molecule has 1 aliphatic rings. The van der Waals surface area contributed by atoms with Crippen molar-refractivity contribution in [3.8, 4) is 0 Å². The van der Waals surface area contributed by atoms with Gasteiger partial charge in [-0.15, -0.1) is 0 Å². The zero-order valence-electron chi connectivity index (χ0n) is 5.63. The Bertz CT molecular complexity index is 164. The Morgan fingerprint density at radius 3 is 3.10 bits per heavy atom. The van der Waals surface area contributed by atoms with Crippen LogP contribution in [0.5, 0.6) is 0 Å². The third kappa shape index (κ3) is 2.26. The fraction of sp³-hybridized carbons (Fsp3) is 0.500. The van der Waals surface area contributed by atoms with Gasteiger partial charge in [0, 0.05) is 29.4 Å². The lowest BCUT2D eigenvalue weighted by Crippen LogP contribution is -2.27. The maximum Gasteiger partial charge on any atom is 0.0528 e. The van der Waals surface area contributed by atoms with Crippen LogP contribution in [0.4, 0.5) is 0 Å². The van der Waals surface area contributed by atoms with Gasteiger partial charge in [-0.3, -0.25) is 4.99 Å². The lowest BCUT2D eigenvalue weighted by Gasteiger charge is -2.17. The average molecular weight is 251 g/mol. The Labute approximate surface area is 74.5 Å². The minimum Gasteiger partial charge on any atom is -0.405 e. The first-order chi connectivity index (χ1) is 4.83. The van der Waals surface area contributed by atoms with Crippen LogP contribution >= 0.6 is 22.9 Å². The lowest BCUT2D eigenvalue weighted by molar-refractivity contribution is 0.565. The smallest absolute Gasteiger partial charge is 0.0528 e. The second-order valence-corrected chi connectivity index (χ2v) is 3.44. The van der Waals surface area contributed by atoms with E-state index in [-0.39, 0.29) is 0 Å². The van der Waals surface area contributed by atoms with Crippen LogP contribution in [0.15, 0.2) is 17.3 Å². The lowest BCUT2D eigenvalue weighted by atomic mass is 10.3. The summed E-state index contributed by atoms with van der Waals surface area (Å²) in [6.45, 7) is 2.85. The van der Waals surface area contributed by atoms with Crippen LogP contribution in [0, 0.1) is 0 Å². The van der Waals surface area contributed by atoms with Gasteiger partial charge in [-0.1, -0.05) is 0 Å². The van der Waals surface area contributed by atoms with Gasteiger partial charge in [-0.2, -0.15) is 0 Å². The van der Waals surface area contributed by atoms with E-state index in [9.17, 15) is 0 Å². The van der Waals surface area contributed by atoms with Crippen molar-refractivity contribution in [3.63, 3.8) is 0 Å². The van der Waals surface area contributed by atoms with Crippen molar-refractivity contribution in [1.82, 2.24) is 3.11 Å². The fourth-order valence-electron chi connectivity index (χ4n) is 0.823. The number of hydrogen-bond acceptors (Lipinski definition) is 3. The monoisotopic (exact) mass is 251 g/mol. The van der Waals surface area contributed by atoms with E-state index in [1.165, 1.54) is 6.20 Å². The number of nitrogens with two attached hydrogens (primary N) is 1. The first kappa shape index (κ1) is 8.00. The van der Waals surface area contributed by atoms with Gasteiger partial charge in [0.2, 0.25) is 0 Å². The van der Waals surface area contributed by atoms with Crippen molar-refractivity contribution in [2.75, 3.05) is 19.6 Å². The first-order valence-electron chi connectivity index (χ1n) is 3.15. The van der Waals surface area contributed by atoms with Gasteiger partial charge < -0.3 is 5.73 Å². The van der Waals surface area contributed by atoms with E-state index in [1.54, 1.807) is 0 Å². The van der Waals surface area contributed by atoms with Gasteiger partial charge in [0.1, 0.15) is 0 Å². The van der Waals surface area contributed by atoms with Gasteiger partial charge in [0.15, 0.2) is 0 Å². The summed E-state index contributed by atoms with van der Waals surface area (Å²) in [6, 6.07) is 0. The third-order valence-corrected chi connectivity index (χ3v) is 2.10. The number of halogens is 1. The van der Waals surface area contributed by atoms with E-state index < -0.39 is 0 Å². The molecule has 0 aromatic carbocycles. The molecule has 10 heavy (non-hydrogen) atoms. The molecule has 0 aromatic rings. The SMILES string of the molecule is NC=CC1=NCCN(I)C1. The zero-order chi connectivity index (χ0) is 7.40. The van der Waals surface area contributed by atoms with Gasteiger partial charge in [-0.05, 0) is 12.3 Å². The molecule has 0 saturated heterocycles. The Kier molecular flexibility index (Phi) is 3.14. The van der Waals surface area contributed by atoms with Crippen LogP contribution in [0.2, 0.25) is 0 Å². The predicted octanol–water partition coefficient (Wildman–Crippen LogP) is 0.565. The number of rotatable bonds is 1. The largest absolute Gasteiger partial charge is 0.405 e. The Hall–Kier alpha value is -0.100. The summed E-state index contributed by atoms with van der Waals surface area (Å²) in [4.78, 5) is 4.27. The van der Waals surface area contributed by atoms with Gasteiger partial charge in [-0.25, -0.2) is 3.11 Å². The molecule has 1 rings (SSSR count). The number of aliphatic imine (C=N–C) groups is 1. The summed E-state index contributed by atoms with van der Waals surface area (Å²) in [5.41, 5.74) is 6.29. The molecule has 0 aliphatic carbocycles. The Morgan fingerprint density at radius 2 is 2.50 bits per heavy atom. The highest BCUT2D eigenvalue weighted by atomic mass is 127. The molecule has 0 saturated carbocycles. The molecule has 56 valence electrons. The molecular weight excluding hydrogens is 241 g/mol. The molecule has 0 fully saturated rings. The van der Waals surface area contributed by atoms with Crippen LogP contribution in [-0.4, -0.2) is 28.5 Å². The van der Waals surface area contributed by atoms with Crippen LogP contribution < -0.4 is 5.73 Å². The van der Waals surface area contributed by atoms with Gasteiger partial charge in [0.05, 0.1) is 18.8 Å². The quantitative estimate of drug-likeness (QED) is 0.546. The molecule has 1 heterocycles. The average Bonchev–Trinajstić information content (AvgIpc) is 1.88. The molecule has 0 radical (unpaired) electrons. The maximum atomic E-state index is 5.22. The van der Waals surface area contributed by atoms with Crippen LogP contribution in [0.1, 0.15) is 0 Å². The topological polar surface area (TPSA) is 41.6 Å². The van der Waals surface area contributed by atoms with E-state index in [0.29, 0.717) is 0 Å². The summed E-state index contributed by atoms with van der Waals surface area (Å²) in [6.07, 6.45) is 3.39. The molecule has 0 amide bonds. The normalized spacial score (nSPS) is 21.5. The Balaban J connectivity index is 2.51. The van der Waals surface area contributed by atoms with Crippen LogP contribution in [-0.2, 0) is 0 Å². The first-order valence-corrected chi connectivity index (χ1v) is 4.12. The van der Waals surface area contributed by atoms with Crippen molar-refractivity contribution in [1.29, 1.82) is 0 Å². The van der Waals surface area contributed by atoms with Crippen molar-refractivity contribution in [3.05, 3.63) is 12.3 Å². The maximum absolute atomic E-state index is 5.22. The molecule has 0 spiro atoms. The predicted molar refractivity (Wildman–Crippen MR) is 51.2 cm³/mol. The Morgan fingerprint density at radius 1 is 1.70 bits per heavy atom. The molecule has 3 nitrogen and oxygen atoms in total. The van der Waals surface area contributed by atoms with Gasteiger partial charge in [0.25, 0.3) is 0 Å². The molecular formula is C6H10IN3. The highest BCUT2D eigenvalue weighted by Gasteiger charge is 2.07. The molecule has 1 aliphatic heterocycles. The third-order valence-electron chi connectivity index (χ3n) is 1.28. The van der Waals surface area contributed by atoms with E-state index in [0.717, 1.165) is 25.3 Å². The minimum absolute atomic E-state index is 0.891. The van der Waals surface area contributed by atoms with Crippen molar-refractivity contribution in [2.24, 2.45) is 10.7 Å². The highest BCUT2D eigenvalue weighted by Crippen LogP contribution is 2.03. The summed E-state index contributed by atoms with van der Waals surface area (Å²) in [5.74, 6) is 0. The minimum atomic E-state index is 0.891. The molecule has 2 N–H and O–H groups in total. The van der Waals surface area contributed by atoms with E-state index in [2.05, 4.69) is 31.0 Å². The number of hydrogen-bond donors (Lipinski definition) is 1. The zero-order valence-corrected chi connectivity index (χ0v) is 7.78. The second kappa shape index (κ2) is 3.92. The second-order valence-electron chi connectivity index (χ2n) is 2.08. The van der Waals surface area contributed by atoms with Crippen LogP contribution in [0.25, 0.3) is 0 Å². The molecule has 0 aromatic heterocycles. The van der Waals surface area contributed by atoms with Gasteiger partial charge >= 0.3 is 0 Å². The van der Waals surface area contributed by atoms with Crippen molar-refractivity contribution < 1.29 is 0 Å². The van der Waals surface area contributed by atoms with Crippen LogP contribution in [0.3, 0.4) is 0 Å². The summed E-state index contributed by atoms with van der Waals surface area (Å²) >= 11 is 2.29. The van der Waals surface area contributed by atoms with E-state index >= 15 is 0 Å². The summed E-state index contributed by atoms with van der Waals surface area (Å²) in [7, 11) is 0. The highest BCUT2D eigenvalue weighted by molar-refractivity contribution is 14.1. The van der Waals surface area contributed by atoms with E-state index in [4.69, 9.17) is 5.73 Å². The number of nitrogens with zero attached hydrogens (tertiary/aromatic N) is 2. The van der Waals surface area contributed by atoms with E-state index in [1.807, 2.05) is 6.08 Å². The van der Waals surface area contributed by atoms with Crippen molar-refractivity contribution >= 4 is 28.6 Å². The fourth-order valence-corrected chi connectivity index (χ4v) is 1.39. The summed E-state index contributed by atoms with van der Waals surface area (Å²) in [5, 5.41) is 0. The van der Waals surface area contributed by atoms with Crippen molar-refractivity contribution in [2.45, 2.75) is 0 Å². The molecule has 0 bridgehead atoms. The standard InChI is InChI=1S/C6H10IN3/c7-10-4-3-9-6(5-10)1-2-8/h1-2H,3-5,8H2. The molecule has 0 unspecified atom stereocenters. The summed E-state index contributed by atoms with van der Waals surface area (Å²) < 4.78 is 2.19. The molecule has 4 heteroatoms.